The second kappa shape index (κ2) is 9.68. The Kier molecular flexibility index (Phi) is 6.99. The number of aromatic nitrogens is 2. The lowest BCUT2D eigenvalue weighted by Gasteiger charge is -2.53. The van der Waals surface area contributed by atoms with Crippen LogP contribution < -0.4 is 16.0 Å². The molecule has 3 heterocycles. The number of benzene rings is 1. The number of nitrogens with one attached hydrogen (secondary N) is 3. The highest BCUT2D eigenvalue weighted by Gasteiger charge is 2.43. The lowest BCUT2D eigenvalue weighted by atomic mass is 9.77. The molecule has 0 spiro atoms. The Balaban J connectivity index is 1.46. The SMILES string of the molecule is CN1C(C)(C)CC(Nc2nc(Nc3ccc(NC(=O)c4ccco4)c(Cl)c3)ncc2Cl)CC1(C)C. The number of hydrogen-bond acceptors (Lipinski definition) is 7. The average molecular weight is 517 g/mol. The molecule has 4 rings (SSSR count). The Morgan fingerprint density at radius 1 is 1.11 bits per heavy atom. The van der Waals surface area contributed by atoms with Crippen LogP contribution in [0.15, 0.2) is 47.2 Å². The molecule has 0 saturated carbocycles. The Labute approximate surface area is 215 Å². The molecule has 0 unspecified atom stereocenters. The molecule has 0 bridgehead atoms. The van der Waals surface area contributed by atoms with Crippen LogP contribution >= 0.6 is 23.2 Å². The van der Waals surface area contributed by atoms with Crippen LogP contribution in [0.3, 0.4) is 0 Å². The quantitative estimate of drug-likeness (QED) is 0.347. The Morgan fingerprint density at radius 3 is 2.46 bits per heavy atom. The molecular weight excluding hydrogens is 487 g/mol. The van der Waals surface area contributed by atoms with Gasteiger partial charge in [-0.3, -0.25) is 9.69 Å². The van der Waals surface area contributed by atoms with Gasteiger partial charge in [0.1, 0.15) is 5.02 Å². The van der Waals surface area contributed by atoms with Gasteiger partial charge in [-0.25, -0.2) is 4.98 Å². The minimum absolute atomic E-state index is 0.0326. The first kappa shape index (κ1) is 25.3. The highest BCUT2D eigenvalue weighted by atomic mass is 35.5. The van der Waals surface area contributed by atoms with Gasteiger partial charge in [-0.2, -0.15) is 4.98 Å². The van der Waals surface area contributed by atoms with Crippen molar-refractivity contribution in [2.45, 2.75) is 57.7 Å². The van der Waals surface area contributed by atoms with Crippen LogP contribution in [0.25, 0.3) is 0 Å². The van der Waals surface area contributed by atoms with Gasteiger partial charge in [-0.05, 0) is 77.9 Å². The van der Waals surface area contributed by atoms with Crippen molar-refractivity contribution in [1.29, 1.82) is 0 Å². The summed E-state index contributed by atoms with van der Waals surface area (Å²) in [5.41, 5.74) is 1.20. The molecule has 35 heavy (non-hydrogen) atoms. The van der Waals surface area contributed by atoms with E-state index in [2.05, 4.69) is 65.6 Å². The smallest absolute Gasteiger partial charge is 0.291 e. The van der Waals surface area contributed by atoms with Crippen molar-refractivity contribution in [2.24, 2.45) is 0 Å². The van der Waals surface area contributed by atoms with Crippen molar-refractivity contribution in [1.82, 2.24) is 14.9 Å². The van der Waals surface area contributed by atoms with E-state index in [1.165, 1.54) is 6.26 Å². The summed E-state index contributed by atoms with van der Waals surface area (Å²) in [5, 5.41) is 10.2. The van der Waals surface area contributed by atoms with E-state index in [9.17, 15) is 4.79 Å². The summed E-state index contributed by atoms with van der Waals surface area (Å²) >= 11 is 12.8. The predicted molar refractivity (Wildman–Crippen MR) is 141 cm³/mol. The summed E-state index contributed by atoms with van der Waals surface area (Å²) in [6.07, 6.45) is 4.92. The van der Waals surface area contributed by atoms with Gasteiger partial charge in [0.2, 0.25) is 5.95 Å². The number of furan rings is 1. The maximum Gasteiger partial charge on any atom is 0.291 e. The van der Waals surface area contributed by atoms with E-state index < -0.39 is 0 Å². The van der Waals surface area contributed by atoms with Crippen LogP contribution in [0.5, 0.6) is 0 Å². The van der Waals surface area contributed by atoms with E-state index >= 15 is 0 Å². The van der Waals surface area contributed by atoms with Crippen LogP contribution in [0.1, 0.15) is 51.1 Å². The highest BCUT2D eigenvalue weighted by molar-refractivity contribution is 6.34. The van der Waals surface area contributed by atoms with Crippen LogP contribution in [0.2, 0.25) is 10.0 Å². The highest BCUT2D eigenvalue weighted by Crippen LogP contribution is 2.38. The molecule has 1 amide bonds. The molecule has 2 aromatic heterocycles. The third-order valence-electron chi connectivity index (χ3n) is 6.61. The summed E-state index contributed by atoms with van der Waals surface area (Å²) in [5.74, 6) is 0.786. The van der Waals surface area contributed by atoms with Gasteiger partial charge in [0.05, 0.1) is 23.2 Å². The monoisotopic (exact) mass is 516 g/mol. The van der Waals surface area contributed by atoms with Gasteiger partial charge in [0.25, 0.3) is 5.91 Å². The summed E-state index contributed by atoms with van der Waals surface area (Å²) < 4.78 is 5.11. The van der Waals surface area contributed by atoms with E-state index in [-0.39, 0.29) is 28.8 Å². The zero-order chi connectivity index (χ0) is 25.4. The molecule has 1 aliphatic rings. The molecule has 3 aromatic rings. The number of likely N-dealkylation sites (tertiary alicyclic amines) is 1. The molecule has 3 N–H and O–H groups in total. The molecule has 1 aliphatic heterocycles. The molecule has 0 radical (unpaired) electrons. The molecule has 0 aliphatic carbocycles. The van der Waals surface area contributed by atoms with Gasteiger partial charge < -0.3 is 20.4 Å². The number of anilines is 4. The zero-order valence-electron chi connectivity index (χ0n) is 20.4. The van der Waals surface area contributed by atoms with E-state index in [4.69, 9.17) is 27.6 Å². The Hall–Kier alpha value is -2.81. The molecular formula is C25H30Cl2N6O2. The number of rotatable bonds is 6. The van der Waals surface area contributed by atoms with Crippen molar-refractivity contribution < 1.29 is 9.21 Å². The molecule has 1 saturated heterocycles. The molecule has 10 heteroatoms. The maximum absolute atomic E-state index is 12.2. The first-order valence-electron chi connectivity index (χ1n) is 11.4. The van der Waals surface area contributed by atoms with Crippen molar-refractivity contribution in [3.05, 3.63) is 58.6 Å². The second-order valence-corrected chi connectivity index (χ2v) is 10.9. The predicted octanol–water partition coefficient (Wildman–Crippen LogP) is 6.44. The number of hydrogen-bond donors (Lipinski definition) is 3. The fourth-order valence-corrected chi connectivity index (χ4v) is 4.98. The van der Waals surface area contributed by atoms with Gasteiger partial charge in [0, 0.05) is 22.8 Å². The van der Waals surface area contributed by atoms with Crippen LogP contribution in [0.4, 0.5) is 23.1 Å². The van der Waals surface area contributed by atoms with Gasteiger partial charge >= 0.3 is 0 Å². The van der Waals surface area contributed by atoms with E-state index in [0.29, 0.717) is 33.2 Å². The zero-order valence-corrected chi connectivity index (χ0v) is 22.0. The lowest BCUT2D eigenvalue weighted by molar-refractivity contribution is -0.00772. The standard InChI is InChI=1S/C25H30Cl2N6O2/c1-24(2)12-16(13-25(3,4)33(24)5)29-21-18(27)14-28-23(32-21)30-15-8-9-19(17(26)11-15)31-22(34)20-7-6-10-35-20/h6-11,14,16H,12-13H2,1-5H3,(H,31,34)(H2,28,29,30,32). The molecule has 0 atom stereocenters. The molecule has 186 valence electrons. The number of piperidine rings is 1. The number of carbonyl (C=O) groups excluding carboxylic acids is 1. The third-order valence-corrected chi connectivity index (χ3v) is 7.20. The number of nitrogens with zero attached hydrogens (tertiary/aromatic N) is 3. The largest absolute Gasteiger partial charge is 0.459 e. The topological polar surface area (TPSA) is 95.3 Å². The van der Waals surface area contributed by atoms with Gasteiger partial charge in [-0.15, -0.1) is 0 Å². The first-order chi connectivity index (χ1) is 16.4. The normalized spacial score (nSPS) is 17.7. The van der Waals surface area contributed by atoms with Crippen molar-refractivity contribution >= 4 is 52.3 Å². The summed E-state index contributed by atoms with van der Waals surface area (Å²) in [7, 11) is 2.18. The van der Waals surface area contributed by atoms with Crippen LogP contribution in [-0.2, 0) is 0 Å². The average Bonchev–Trinajstić information content (AvgIpc) is 3.31. The number of amides is 1. The van der Waals surface area contributed by atoms with Crippen LogP contribution in [-0.4, -0.2) is 44.9 Å². The summed E-state index contributed by atoms with van der Waals surface area (Å²) in [6.45, 7) is 9.01. The van der Waals surface area contributed by atoms with E-state index in [1.807, 2.05) is 0 Å². The van der Waals surface area contributed by atoms with Crippen molar-refractivity contribution in [2.75, 3.05) is 23.0 Å². The van der Waals surface area contributed by atoms with Crippen molar-refractivity contribution in [3.63, 3.8) is 0 Å². The Morgan fingerprint density at radius 2 is 1.83 bits per heavy atom. The molecule has 1 aromatic carbocycles. The Bertz CT molecular complexity index is 1190. The van der Waals surface area contributed by atoms with Gasteiger partial charge in [-0.1, -0.05) is 23.2 Å². The van der Waals surface area contributed by atoms with Crippen LogP contribution in [0, 0.1) is 0 Å². The summed E-state index contributed by atoms with van der Waals surface area (Å²) in [4.78, 5) is 23.6. The minimum Gasteiger partial charge on any atom is -0.459 e. The first-order valence-corrected chi connectivity index (χ1v) is 12.1. The van der Waals surface area contributed by atoms with Gasteiger partial charge in [0.15, 0.2) is 11.6 Å². The third kappa shape index (κ3) is 5.72. The minimum atomic E-state index is -0.380. The fourth-order valence-electron chi connectivity index (χ4n) is 4.61. The van der Waals surface area contributed by atoms with E-state index in [1.54, 1.807) is 36.5 Å². The molecule has 8 nitrogen and oxygen atoms in total. The number of halogens is 2. The maximum atomic E-state index is 12.2. The number of carbonyl (C=O) groups is 1. The fraction of sp³-hybridized carbons (Fsp3) is 0.400. The molecule has 1 fully saturated rings. The lowest BCUT2D eigenvalue weighted by Crippen LogP contribution is -2.61. The summed E-state index contributed by atoms with van der Waals surface area (Å²) in [6, 6.07) is 8.60. The van der Waals surface area contributed by atoms with E-state index in [0.717, 1.165) is 12.8 Å². The second-order valence-electron chi connectivity index (χ2n) is 10.1. The van der Waals surface area contributed by atoms with Crippen molar-refractivity contribution in [3.8, 4) is 0 Å².